The zero-order valence-electron chi connectivity index (χ0n) is 11.6. The summed E-state index contributed by atoms with van der Waals surface area (Å²) in [6, 6.07) is 9.58. The summed E-state index contributed by atoms with van der Waals surface area (Å²) in [5.41, 5.74) is 6.62. The molecule has 21 heavy (non-hydrogen) atoms. The minimum atomic E-state index is -0.250. The molecular weight excluding hydrogens is 266 g/mol. The average Bonchev–Trinajstić information content (AvgIpc) is 2.48. The van der Waals surface area contributed by atoms with Gasteiger partial charge in [-0.25, -0.2) is 0 Å². The van der Waals surface area contributed by atoms with Gasteiger partial charge in [-0.3, -0.25) is 4.79 Å². The maximum atomic E-state index is 12.0. The number of rotatable bonds is 3. The fraction of sp³-hybridized carbons (Fsp3) is 0.333. The average molecular weight is 283 g/mol. The lowest BCUT2D eigenvalue weighted by Gasteiger charge is -2.19. The van der Waals surface area contributed by atoms with Crippen molar-refractivity contribution in [2.24, 2.45) is 0 Å². The summed E-state index contributed by atoms with van der Waals surface area (Å²) in [5.74, 6) is 0.933. The fourth-order valence-corrected chi connectivity index (χ4v) is 2.53. The Bertz CT molecular complexity index is 644. The van der Waals surface area contributed by atoms with Crippen molar-refractivity contribution < 1.29 is 4.79 Å². The molecule has 1 saturated carbocycles. The SMILES string of the molecule is Nc1nc(Nc2ccccc2)nc([C@@H]2CCCCC2=O)n1. The van der Waals surface area contributed by atoms with E-state index < -0.39 is 0 Å². The minimum Gasteiger partial charge on any atom is -0.368 e. The number of nitrogens with one attached hydrogen (secondary N) is 1. The highest BCUT2D eigenvalue weighted by molar-refractivity contribution is 5.85. The molecule has 6 heteroatoms. The number of carbonyl (C=O) groups excluding carboxylic acids is 1. The first-order chi connectivity index (χ1) is 10.2. The lowest BCUT2D eigenvalue weighted by molar-refractivity contribution is -0.122. The largest absolute Gasteiger partial charge is 0.368 e. The number of para-hydroxylation sites is 1. The van der Waals surface area contributed by atoms with Crippen molar-refractivity contribution in [2.75, 3.05) is 11.1 Å². The molecule has 1 aromatic heterocycles. The lowest BCUT2D eigenvalue weighted by Crippen LogP contribution is -2.21. The van der Waals surface area contributed by atoms with E-state index in [-0.39, 0.29) is 17.6 Å². The van der Waals surface area contributed by atoms with Crippen LogP contribution in [0.2, 0.25) is 0 Å². The first kappa shape index (κ1) is 13.5. The zero-order valence-corrected chi connectivity index (χ0v) is 11.6. The quantitative estimate of drug-likeness (QED) is 0.898. The Morgan fingerprint density at radius 1 is 1.10 bits per heavy atom. The van der Waals surface area contributed by atoms with Crippen molar-refractivity contribution in [2.45, 2.75) is 31.6 Å². The second-order valence-corrected chi connectivity index (χ2v) is 5.13. The van der Waals surface area contributed by atoms with E-state index >= 15 is 0 Å². The van der Waals surface area contributed by atoms with E-state index in [1.54, 1.807) is 0 Å². The normalized spacial score (nSPS) is 18.5. The summed E-state index contributed by atoms with van der Waals surface area (Å²) < 4.78 is 0. The van der Waals surface area contributed by atoms with E-state index in [2.05, 4.69) is 20.3 Å². The molecule has 0 amide bonds. The van der Waals surface area contributed by atoms with Gasteiger partial charge in [-0.1, -0.05) is 24.6 Å². The summed E-state index contributed by atoms with van der Waals surface area (Å²) in [5, 5.41) is 3.09. The van der Waals surface area contributed by atoms with Crippen molar-refractivity contribution in [3.63, 3.8) is 0 Å². The van der Waals surface area contributed by atoms with Gasteiger partial charge in [0.1, 0.15) is 11.6 Å². The molecule has 3 rings (SSSR count). The first-order valence-corrected chi connectivity index (χ1v) is 7.08. The number of hydrogen-bond donors (Lipinski definition) is 2. The standard InChI is InChI=1S/C15H17N5O/c16-14-18-13(11-8-4-5-9-12(11)21)19-15(20-14)17-10-6-2-1-3-7-10/h1-3,6-7,11H,4-5,8-9H2,(H3,16,17,18,19,20)/t11-/m1/s1. The van der Waals surface area contributed by atoms with E-state index in [1.165, 1.54) is 0 Å². The summed E-state index contributed by atoms with van der Waals surface area (Å²) in [6.07, 6.45) is 3.35. The molecule has 108 valence electrons. The zero-order chi connectivity index (χ0) is 14.7. The van der Waals surface area contributed by atoms with Gasteiger partial charge in [0.05, 0.1) is 5.92 Å². The molecule has 1 aliphatic rings. The summed E-state index contributed by atoms with van der Waals surface area (Å²) >= 11 is 0. The van der Waals surface area contributed by atoms with Gasteiger partial charge in [-0.15, -0.1) is 0 Å². The fourth-order valence-electron chi connectivity index (χ4n) is 2.53. The van der Waals surface area contributed by atoms with Gasteiger partial charge in [0.25, 0.3) is 0 Å². The highest BCUT2D eigenvalue weighted by atomic mass is 16.1. The molecule has 1 aromatic carbocycles. The van der Waals surface area contributed by atoms with E-state index in [9.17, 15) is 4.79 Å². The second kappa shape index (κ2) is 5.87. The van der Waals surface area contributed by atoms with Gasteiger partial charge >= 0.3 is 0 Å². The monoisotopic (exact) mass is 283 g/mol. The topological polar surface area (TPSA) is 93.8 Å². The predicted molar refractivity (Wildman–Crippen MR) is 80.2 cm³/mol. The number of hydrogen-bond acceptors (Lipinski definition) is 6. The number of benzene rings is 1. The maximum Gasteiger partial charge on any atom is 0.232 e. The third-order valence-corrected chi connectivity index (χ3v) is 3.57. The summed E-state index contributed by atoms with van der Waals surface area (Å²) in [6.45, 7) is 0. The van der Waals surface area contributed by atoms with Crippen LogP contribution < -0.4 is 11.1 Å². The molecule has 0 radical (unpaired) electrons. The van der Waals surface area contributed by atoms with Crippen LogP contribution in [0.1, 0.15) is 37.4 Å². The van der Waals surface area contributed by atoms with Crippen LogP contribution in [0.15, 0.2) is 30.3 Å². The number of nitrogen functional groups attached to an aromatic ring is 1. The highest BCUT2D eigenvalue weighted by Gasteiger charge is 2.27. The third-order valence-electron chi connectivity index (χ3n) is 3.57. The van der Waals surface area contributed by atoms with Crippen LogP contribution in [0, 0.1) is 0 Å². The number of ketones is 1. The molecule has 0 spiro atoms. The van der Waals surface area contributed by atoms with Gasteiger partial charge in [0.2, 0.25) is 11.9 Å². The lowest BCUT2D eigenvalue weighted by atomic mass is 9.87. The van der Waals surface area contributed by atoms with Crippen molar-refractivity contribution in [1.82, 2.24) is 15.0 Å². The van der Waals surface area contributed by atoms with E-state index in [4.69, 9.17) is 5.73 Å². The van der Waals surface area contributed by atoms with Crippen LogP contribution >= 0.6 is 0 Å². The maximum absolute atomic E-state index is 12.0. The molecule has 1 heterocycles. The molecule has 6 nitrogen and oxygen atoms in total. The van der Waals surface area contributed by atoms with Crippen LogP contribution in [-0.2, 0) is 4.79 Å². The van der Waals surface area contributed by atoms with Crippen molar-refractivity contribution in [1.29, 1.82) is 0 Å². The Kier molecular flexibility index (Phi) is 3.77. The molecule has 0 saturated heterocycles. The van der Waals surface area contributed by atoms with Crippen LogP contribution in [0.3, 0.4) is 0 Å². The van der Waals surface area contributed by atoms with Gasteiger partial charge in [0.15, 0.2) is 0 Å². The smallest absolute Gasteiger partial charge is 0.232 e. The van der Waals surface area contributed by atoms with E-state index in [1.807, 2.05) is 30.3 Å². The van der Waals surface area contributed by atoms with E-state index in [0.717, 1.165) is 24.9 Å². The third kappa shape index (κ3) is 3.16. The van der Waals surface area contributed by atoms with Crippen LogP contribution in [0.25, 0.3) is 0 Å². The van der Waals surface area contributed by atoms with Crippen molar-refractivity contribution in [3.8, 4) is 0 Å². The molecule has 1 atom stereocenters. The highest BCUT2D eigenvalue weighted by Crippen LogP contribution is 2.28. The van der Waals surface area contributed by atoms with Crippen LogP contribution in [0.4, 0.5) is 17.6 Å². The molecular formula is C15H17N5O. The predicted octanol–water partition coefficient (Wildman–Crippen LogP) is 2.42. The Morgan fingerprint density at radius 3 is 2.67 bits per heavy atom. The summed E-state index contributed by atoms with van der Waals surface area (Å²) in [7, 11) is 0. The molecule has 2 aromatic rings. The number of nitrogens with two attached hydrogens (primary N) is 1. The van der Waals surface area contributed by atoms with Gasteiger partial charge in [-0.05, 0) is 25.0 Å². The molecule has 3 N–H and O–H groups in total. The van der Waals surface area contributed by atoms with Gasteiger partial charge < -0.3 is 11.1 Å². The number of anilines is 3. The minimum absolute atomic E-state index is 0.136. The van der Waals surface area contributed by atoms with Gasteiger partial charge in [-0.2, -0.15) is 15.0 Å². The second-order valence-electron chi connectivity index (χ2n) is 5.13. The Balaban J connectivity index is 1.87. The molecule has 1 fully saturated rings. The molecule has 0 aliphatic heterocycles. The van der Waals surface area contributed by atoms with Crippen molar-refractivity contribution >= 4 is 23.4 Å². The van der Waals surface area contributed by atoms with Crippen LogP contribution in [0.5, 0.6) is 0 Å². The number of carbonyl (C=O) groups is 1. The molecule has 0 unspecified atom stereocenters. The van der Waals surface area contributed by atoms with Crippen molar-refractivity contribution in [3.05, 3.63) is 36.2 Å². The number of nitrogens with zero attached hydrogens (tertiary/aromatic N) is 3. The Hall–Kier alpha value is -2.50. The van der Waals surface area contributed by atoms with E-state index in [0.29, 0.717) is 18.2 Å². The Morgan fingerprint density at radius 2 is 1.90 bits per heavy atom. The summed E-state index contributed by atoms with van der Waals surface area (Å²) in [4.78, 5) is 24.6. The number of aromatic nitrogens is 3. The van der Waals surface area contributed by atoms with Crippen LogP contribution in [-0.4, -0.2) is 20.7 Å². The van der Waals surface area contributed by atoms with Gasteiger partial charge in [0, 0.05) is 12.1 Å². The Labute approximate surface area is 122 Å². The number of Topliss-reactive ketones (excluding diaryl/α,β-unsaturated/α-hetero) is 1. The first-order valence-electron chi connectivity index (χ1n) is 7.08. The molecule has 1 aliphatic carbocycles. The molecule has 0 bridgehead atoms.